The van der Waals surface area contributed by atoms with E-state index in [4.69, 9.17) is 0 Å². The summed E-state index contributed by atoms with van der Waals surface area (Å²) in [6.45, 7) is 1.34. The average molecular weight is 339 g/mol. The van der Waals surface area contributed by atoms with Gasteiger partial charge in [-0.05, 0) is 24.6 Å². The highest BCUT2D eigenvalue weighted by atomic mass is 16.4. The lowest BCUT2D eigenvalue weighted by atomic mass is 10.0. The Kier molecular flexibility index (Phi) is 6.28. The van der Waals surface area contributed by atoms with E-state index in [1.807, 2.05) is 31.2 Å². The van der Waals surface area contributed by atoms with E-state index in [9.17, 15) is 19.5 Å². The monoisotopic (exact) mass is 339 g/mol. The maximum atomic E-state index is 12.3. The SMILES string of the molecule is Cc1ccc(C[C@H](NC(=O)c2ccccc2)C(=O)NCC(=O)[O-])cc1. The van der Waals surface area contributed by atoms with E-state index in [-0.39, 0.29) is 6.42 Å². The fraction of sp³-hybridized carbons (Fsp3) is 0.211. The third kappa shape index (κ3) is 5.76. The summed E-state index contributed by atoms with van der Waals surface area (Å²) < 4.78 is 0. The molecule has 25 heavy (non-hydrogen) atoms. The van der Waals surface area contributed by atoms with Gasteiger partial charge in [-0.15, -0.1) is 0 Å². The van der Waals surface area contributed by atoms with Gasteiger partial charge in [0, 0.05) is 12.0 Å². The molecule has 2 aromatic carbocycles. The van der Waals surface area contributed by atoms with Gasteiger partial charge in [0.05, 0.1) is 12.5 Å². The Balaban J connectivity index is 2.12. The molecule has 6 nitrogen and oxygen atoms in total. The van der Waals surface area contributed by atoms with Gasteiger partial charge in [-0.3, -0.25) is 9.59 Å². The number of carboxylic acids is 1. The Morgan fingerprint density at radius 1 is 1.00 bits per heavy atom. The van der Waals surface area contributed by atoms with Gasteiger partial charge in [0.2, 0.25) is 5.91 Å². The molecule has 0 fully saturated rings. The van der Waals surface area contributed by atoms with Crippen LogP contribution in [0.4, 0.5) is 0 Å². The summed E-state index contributed by atoms with van der Waals surface area (Å²) in [5.41, 5.74) is 2.35. The second kappa shape index (κ2) is 8.63. The molecule has 2 N–H and O–H groups in total. The Morgan fingerprint density at radius 2 is 1.64 bits per heavy atom. The molecule has 130 valence electrons. The lowest BCUT2D eigenvalue weighted by molar-refractivity contribution is -0.304. The molecule has 2 aromatic rings. The second-order valence-corrected chi connectivity index (χ2v) is 5.67. The van der Waals surface area contributed by atoms with Gasteiger partial charge in [0.25, 0.3) is 5.91 Å². The van der Waals surface area contributed by atoms with Crippen LogP contribution in [0, 0.1) is 6.92 Å². The fourth-order valence-electron chi connectivity index (χ4n) is 2.28. The quantitative estimate of drug-likeness (QED) is 0.753. The number of carbonyl (C=O) groups is 3. The number of aryl methyl sites for hydroxylation is 1. The highest BCUT2D eigenvalue weighted by Gasteiger charge is 2.21. The zero-order valence-corrected chi connectivity index (χ0v) is 13.8. The highest BCUT2D eigenvalue weighted by molar-refractivity contribution is 5.97. The zero-order chi connectivity index (χ0) is 18.2. The molecule has 0 spiro atoms. The first kappa shape index (κ1) is 18.2. The summed E-state index contributed by atoms with van der Waals surface area (Å²) in [5.74, 6) is -2.37. The van der Waals surface area contributed by atoms with Crippen LogP contribution < -0.4 is 15.7 Å². The first-order valence-corrected chi connectivity index (χ1v) is 7.84. The fourth-order valence-corrected chi connectivity index (χ4v) is 2.28. The molecule has 0 saturated heterocycles. The molecule has 6 heteroatoms. The van der Waals surface area contributed by atoms with Crippen LogP contribution in [0.15, 0.2) is 54.6 Å². The van der Waals surface area contributed by atoms with Crippen molar-refractivity contribution in [3.8, 4) is 0 Å². The number of amides is 2. The predicted molar refractivity (Wildman–Crippen MR) is 90.6 cm³/mol. The van der Waals surface area contributed by atoms with Gasteiger partial charge in [0.1, 0.15) is 6.04 Å². The van der Waals surface area contributed by atoms with Crippen LogP contribution in [0.2, 0.25) is 0 Å². The molecule has 0 bridgehead atoms. The van der Waals surface area contributed by atoms with Crippen LogP contribution in [0.25, 0.3) is 0 Å². The Bertz CT molecular complexity index is 742. The van der Waals surface area contributed by atoms with Gasteiger partial charge >= 0.3 is 0 Å². The zero-order valence-electron chi connectivity index (χ0n) is 13.8. The Hall–Kier alpha value is -3.15. The predicted octanol–water partition coefficient (Wildman–Crippen LogP) is 0.202. The standard InChI is InChI=1S/C19H20N2O4/c1-13-7-9-14(10-8-13)11-16(19(25)20-12-17(22)23)21-18(24)15-5-3-2-4-6-15/h2-10,16H,11-12H2,1H3,(H,20,25)(H,21,24)(H,22,23)/p-1/t16-/m0/s1. The molecule has 0 unspecified atom stereocenters. The van der Waals surface area contributed by atoms with Crippen molar-refractivity contribution in [2.24, 2.45) is 0 Å². The molecule has 2 amide bonds. The minimum absolute atomic E-state index is 0.248. The molecule has 0 aromatic heterocycles. The lowest BCUT2D eigenvalue weighted by Crippen LogP contribution is -2.50. The van der Waals surface area contributed by atoms with Crippen molar-refractivity contribution in [3.63, 3.8) is 0 Å². The Labute approximate surface area is 145 Å². The lowest BCUT2D eigenvalue weighted by Gasteiger charge is -2.19. The maximum absolute atomic E-state index is 12.3. The van der Waals surface area contributed by atoms with Crippen molar-refractivity contribution in [3.05, 3.63) is 71.3 Å². The summed E-state index contributed by atoms with van der Waals surface area (Å²) in [5, 5.41) is 15.5. The van der Waals surface area contributed by atoms with E-state index in [1.54, 1.807) is 30.3 Å². The summed E-state index contributed by atoms with van der Waals surface area (Å²) in [7, 11) is 0. The van der Waals surface area contributed by atoms with Gasteiger partial charge in [-0.1, -0.05) is 48.0 Å². The van der Waals surface area contributed by atoms with E-state index in [2.05, 4.69) is 10.6 Å². The molecule has 0 aliphatic heterocycles. The number of nitrogens with one attached hydrogen (secondary N) is 2. The third-order valence-electron chi connectivity index (χ3n) is 3.63. The average Bonchev–Trinajstić information content (AvgIpc) is 2.61. The van der Waals surface area contributed by atoms with E-state index in [0.29, 0.717) is 5.56 Å². The van der Waals surface area contributed by atoms with E-state index >= 15 is 0 Å². The number of hydrogen-bond acceptors (Lipinski definition) is 4. The van der Waals surface area contributed by atoms with Crippen molar-refractivity contribution in [2.45, 2.75) is 19.4 Å². The molecule has 0 saturated carbocycles. The minimum atomic E-state index is -1.39. The number of benzene rings is 2. The van der Waals surface area contributed by atoms with Crippen LogP contribution in [-0.4, -0.2) is 30.4 Å². The van der Waals surface area contributed by atoms with Crippen molar-refractivity contribution in [1.82, 2.24) is 10.6 Å². The molecule has 0 aliphatic carbocycles. The number of carbonyl (C=O) groups excluding carboxylic acids is 3. The molecule has 0 aliphatic rings. The van der Waals surface area contributed by atoms with Crippen LogP contribution in [0.5, 0.6) is 0 Å². The number of rotatable bonds is 7. The van der Waals surface area contributed by atoms with Gasteiger partial charge in [-0.2, -0.15) is 0 Å². The number of aliphatic carboxylic acids is 1. The van der Waals surface area contributed by atoms with Crippen LogP contribution >= 0.6 is 0 Å². The van der Waals surface area contributed by atoms with Crippen molar-refractivity contribution in [1.29, 1.82) is 0 Å². The largest absolute Gasteiger partial charge is 0.548 e. The molecule has 0 heterocycles. The number of hydrogen-bond donors (Lipinski definition) is 2. The molecule has 0 radical (unpaired) electrons. The molecular formula is C19H19N2O4-. The van der Waals surface area contributed by atoms with Crippen molar-refractivity contribution in [2.75, 3.05) is 6.54 Å². The molecule has 2 rings (SSSR count). The first-order valence-electron chi connectivity index (χ1n) is 7.84. The van der Waals surface area contributed by atoms with Crippen molar-refractivity contribution >= 4 is 17.8 Å². The van der Waals surface area contributed by atoms with Gasteiger partial charge in [0.15, 0.2) is 0 Å². The normalized spacial score (nSPS) is 11.4. The van der Waals surface area contributed by atoms with E-state index in [0.717, 1.165) is 11.1 Å². The highest BCUT2D eigenvalue weighted by Crippen LogP contribution is 2.08. The van der Waals surface area contributed by atoms with E-state index < -0.39 is 30.4 Å². The maximum Gasteiger partial charge on any atom is 0.251 e. The van der Waals surface area contributed by atoms with Crippen LogP contribution in [-0.2, 0) is 16.0 Å². The van der Waals surface area contributed by atoms with Crippen LogP contribution in [0.3, 0.4) is 0 Å². The summed E-state index contributed by atoms with van der Waals surface area (Å²) in [6.07, 6.45) is 0.248. The van der Waals surface area contributed by atoms with E-state index in [1.165, 1.54) is 0 Å². The minimum Gasteiger partial charge on any atom is -0.548 e. The number of carboxylic acid groups (broad SMARTS) is 1. The van der Waals surface area contributed by atoms with Crippen LogP contribution in [0.1, 0.15) is 21.5 Å². The first-order chi connectivity index (χ1) is 12.0. The van der Waals surface area contributed by atoms with Crippen molar-refractivity contribution < 1.29 is 19.5 Å². The summed E-state index contributed by atoms with van der Waals surface area (Å²) in [4.78, 5) is 35.1. The smallest absolute Gasteiger partial charge is 0.251 e. The Morgan fingerprint density at radius 3 is 2.24 bits per heavy atom. The second-order valence-electron chi connectivity index (χ2n) is 5.67. The van der Waals surface area contributed by atoms with Gasteiger partial charge in [-0.25, -0.2) is 0 Å². The summed E-state index contributed by atoms with van der Waals surface area (Å²) in [6, 6.07) is 15.2. The summed E-state index contributed by atoms with van der Waals surface area (Å²) >= 11 is 0. The topological polar surface area (TPSA) is 98.3 Å². The molecular weight excluding hydrogens is 320 g/mol. The molecule has 1 atom stereocenters. The third-order valence-corrected chi connectivity index (χ3v) is 3.63. The van der Waals surface area contributed by atoms with Gasteiger partial charge < -0.3 is 20.5 Å².